The molecule has 0 amide bonds. The summed E-state index contributed by atoms with van der Waals surface area (Å²) in [4.78, 5) is 15.0. The maximum absolute atomic E-state index is 14.4. The maximum atomic E-state index is 14.4. The first kappa shape index (κ1) is 35.9. The molecule has 0 unspecified atom stereocenters. The molecular weight excluding hydrogens is 740 g/mol. The van der Waals surface area contributed by atoms with Crippen LogP contribution < -0.4 is 0 Å². The van der Waals surface area contributed by atoms with E-state index in [0.29, 0.717) is 28.6 Å². The summed E-state index contributed by atoms with van der Waals surface area (Å²) in [5, 5.41) is 21.0. The predicted octanol–water partition coefficient (Wildman–Crippen LogP) is 12.9. The van der Waals surface area contributed by atoms with Gasteiger partial charge in [0.25, 0.3) is 0 Å². The van der Waals surface area contributed by atoms with Gasteiger partial charge in [0.2, 0.25) is 0 Å². The lowest BCUT2D eigenvalue weighted by atomic mass is 9.99. The molecule has 8 aromatic carbocycles. The van der Waals surface area contributed by atoms with Gasteiger partial charge in [0.1, 0.15) is 5.82 Å². The Morgan fingerprint density at radius 3 is 1.27 bits per heavy atom. The van der Waals surface area contributed by atoms with Gasteiger partial charge in [-0.1, -0.05) is 121 Å². The van der Waals surface area contributed by atoms with Crippen molar-refractivity contribution in [2.75, 3.05) is 0 Å². The van der Waals surface area contributed by atoms with Crippen molar-refractivity contribution in [1.82, 2.24) is 19.5 Å². The normalized spacial score (nSPS) is 11.1. The first-order valence-corrected chi connectivity index (χ1v) is 19.4. The molecule has 0 aliphatic heterocycles. The van der Waals surface area contributed by atoms with Gasteiger partial charge in [-0.15, -0.1) is 0 Å². The van der Waals surface area contributed by atoms with Gasteiger partial charge < -0.3 is 4.57 Å². The van der Waals surface area contributed by atoms with Crippen molar-refractivity contribution in [3.05, 3.63) is 205 Å². The molecule has 0 bridgehead atoms. The first-order chi connectivity index (χ1) is 29.5. The highest BCUT2D eigenvalue weighted by Crippen LogP contribution is 2.41. The first-order valence-electron chi connectivity index (χ1n) is 19.4. The number of nitriles is 2. The van der Waals surface area contributed by atoms with Crippen molar-refractivity contribution < 1.29 is 4.39 Å². The summed E-state index contributed by atoms with van der Waals surface area (Å²) in [6, 6.07) is 65.1. The predicted molar refractivity (Wildman–Crippen MR) is 236 cm³/mol. The van der Waals surface area contributed by atoms with E-state index in [1.165, 1.54) is 12.1 Å². The average molecular weight is 771 g/mol. The minimum atomic E-state index is -0.313. The molecule has 2 aromatic heterocycles. The van der Waals surface area contributed by atoms with Crippen molar-refractivity contribution in [1.29, 1.82) is 10.5 Å². The third-order valence-electron chi connectivity index (χ3n) is 10.8. The van der Waals surface area contributed by atoms with E-state index in [4.69, 9.17) is 15.0 Å². The number of aromatic nitrogens is 4. The number of benzene rings is 8. The molecular formula is C53H31FN6. The van der Waals surface area contributed by atoms with Crippen molar-refractivity contribution in [2.45, 2.75) is 0 Å². The molecule has 2 heterocycles. The van der Waals surface area contributed by atoms with E-state index >= 15 is 0 Å². The molecule has 0 spiro atoms. The number of hydrogen-bond donors (Lipinski definition) is 0. The molecule has 0 fully saturated rings. The molecule has 10 rings (SSSR count). The van der Waals surface area contributed by atoms with E-state index in [9.17, 15) is 14.9 Å². The Kier molecular flexibility index (Phi) is 9.02. The number of halogens is 1. The van der Waals surface area contributed by atoms with Crippen molar-refractivity contribution in [3.63, 3.8) is 0 Å². The van der Waals surface area contributed by atoms with Crippen molar-refractivity contribution in [3.8, 4) is 85.4 Å². The quantitative estimate of drug-likeness (QED) is 0.161. The average Bonchev–Trinajstić information content (AvgIpc) is 3.65. The molecule has 0 radical (unpaired) electrons. The molecule has 280 valence electrons. The lowest BCUT2D eigenvalue weighted by Crippen LogP contribution is -2.02. The fourth-order valence-electron chi connectivity index (χ4n) is 7.78. The molecule has 0 N–H and O–H groups in total. The molecule has 0 aliphatic rings. The molecule has 10 aromatic rings. The second kappa shape index (κ2) is 15.1. The van der Waals surface area contributed by atoms with Gasteiger partial charge in [-0.05, 0) is 94.5 Å². The molecule has 7 heteroatoms. The van der Waals surface area contributed by atoms with Gasteiger partial charge >= 0.3 is 0 Å². The lowest BCUT2D eigenvalue weighted by Gasteiger charge is -2.17. The largest absolute Gasteiger partial charge is 0.309 e. The Labute approximate surface area is 345 Å². The van der Waals surface area contributed by atoms with Crippen LogP contribution in [0.3, 0.4) is 0 Å². The number of fused-ring (bicyclic) bond motifs is 3. The molecule has 0 saturated carbocycles. The number of nitrogens with zero attached hydrogens (tertiary/aromatic N) is 6. The second-order valence-electron chi connectivity index (χ2n) is 14.5. The highest BCUT2D eigenvalue weighted by Gasteiger charge is 2.20. The standard InChI is InChI=1S/C53H31FN6/c54-44-24-19-38(20-25-44)45-26-21-43(53-58-51(39-7-3-1-4-8-39)57-52(59-53)40-9-5-2-6-10-40)31-50(45)60-48-27-22-41(36-15-11-34(32-55)12-16-36)29-46(48)47-30-42(23-28-49(47)60)37-17-13-35(33-56)14-18-37/h1-31H. The topological polar surface area (TPSA) is 91.2 Å². The summed E-state index contributed by atoms with van der Waals surface area (Å²) in [5.74, 6) is 1.32. The highest BCUT2D eigenvalue weighted by molar-refractivity contribution is 6.12. The van der Waals surface area contributed by atoms with Crippen LogP contribution in [-0.4, -0.2) is 19.5 Å². The van der Waals surface area contributed by atoms with Crippen LogP contribution in [0.25, 0.3) is 95.0 Å². The third-order valence-corrected chi connectivity index (χ3v) is 10.8. The van der Waals surface area contributed by atoms with Gasteiger partial charge in [0, 0.05) is 33.0 Å². The third kappa shape index (κ3) is 6.63. The van der Waals surface area contributed by atoms with Gasteiger partial charge in [0.05, 0.1) is 40.0 Å². The fourth-order valence-corrected chi connectivity index (χ4v) is 7.78. The zero-order valence-electron chi connectivity index (χ0n) is 32.0. The Balaban J connectivity index is 1.24. The van der Waals surface area contributed by atoms with Crippen LogP contribution in [0.5, 0.6) is 0 Å². The van der Waals surface area contributed by atoms with Gasteiger partial charge in [0.15, 0.2) is 17.5 Å². The second-order valence-corrected chi connectivity index (χ2v) is 14.5. The van der Waals surface area contributed by atoms with Gasteiger partial charge in [-0.3, -0.25) is 0 Å². The van der Waals surface area contributed by atoms with Crippen LogP contribution in [0, 0.1) is 28.5 Å². The minimum absolute atomic E-state index is 0.313. The molecule has 0 aliphatic carbocycles. The Morgan fingerprint density at radius 2 is 0.800 bits per heavy atom. The molecule has 6 nitrogen and oxygen atoms in total. The summed E-state index contributed by atoms with van der Waals surface area (Å²) in [6.45, 7) is 0. The highest BCUT2D eigenvalue weighted by atomic mass is 19.1. The number of hydrogen-bond acceptors (Lipinski definition) is 5. The smallest absolute Gasteiger partial charge is 0.164 e. The Hall–Kier alpha value is -8.52. The summed E-state index contributed by atoms with van der Waals surface area (Å²) in [6.07, 6.45) is 0. The summed E-state index contributed by atoms with van der Waals surface area (Å²) in [7, 11) is 0. The van der Waals surface area contributed by atoms with Crippen LogP contribution in [0.2, 0.25) is 0 Å². The molecule has 0 atom stereocenters. The number of rotatable bonds is 7. The summed E-state index contributed by atoms with van der Waals surface area (Å²) in [5.41, 5.74) is 12.3. The van der Waals surface area contributed by atoms with Crippen molar-refractivity contribution in [2.24, 2.45) is 0 Å². The van der Waals surface area contributed by atoms with Crippen molar-refractivity contribution >= 4 is 21.8 Å². The van der Waals surface area contributed by atoms with E-state index in [2.05, 4.69) is 65.2 Å². The van der Waals surface area contributed by atoms with Crippen LogP contribution in [0.1, 0.15) is 11.1 Å². The minimum Gasteiger partial charge on any atom is -0.309 e. The van der Waals surface area contributed by atoms with Crippen LogP contribution in [0.15, 0.2) is 188 Å². The SMILES string of the molecule is N#Cc1ccc(-c2ccc3c(c2)c2cc(-c4ccc(C#N)cc4)ccc2n3-c2cc(-c3nc(-c4ccccc4)nc(-c4ccccc4)n3)ccc2-c2ccc(F)cc2)cc1. The van der Waals surface area contributed by atoms with E-state index in [-0.39, 0.29) is 5.82 Å². The Bertz CT molecular complexity index is 3140. The zero-order valence-corrected chi connectivity index (χ0v) is 32.0. The van der Waals surface area contributed by atoms with E-state index in [0.717, 1.165) is 77.6 Å². The van der Waals surface area contributed by atoms with E-state index in [1.807, 2.05) is 115 Å². The van der Waals surface area contributed by atoms with Crippen LogP contribution >= 0.6 is 0 Å². The van der Waals surface area contributed by atoms with Gasteiger partial charge in [-0.25, -0.2) is 19.3 Å². The summed E-state index contributed by atoms with van der Waals surface area (Å²) >= 11 is 0. The Morgan fingerprint density at radius 1 is 0.383 bits per heavy atom. The van der Waals surface area contributed by atoms with E-state index < -0.39 is 0 Å². The fraction of sp³-hybridized carbons (Fsp3) is 0. The zero-order chi connectivity index (χ0) is 40.6. The molecule has 0 saturated heterocycles. The summed E-state index contributed by atoms with van der Waals surface area (Å²) < 4.78 is 16.7. The molecule has 60 heavy (non-hydrogen) atoms. The van der Waals surface area contributed by atoms with Crippen LogP contribution in [0.4, 0.5) is 4.39 Å². The monoisotopic (exact) mass is 770 g/mol. The van der Waals surface area contributed by atoms with Crippen LogP contribution in [-0.2, 0) is 0 Å². The van der Waals surface area contributed by atoms with Gasteiger partial charge in [-0.2, -0.15) is 10.5 Å². The lowest BCUT2D eigenvalue weighted by molar-refractivity contribution is 0.628. The maximum Gasteiger partial charge on any atom is 0.164 e. The van der Waals surface area contributed by atoms with E-state index in [1.54, 1.807) is 12.1 Å².